The average Bonchev–Trinajstić information content (AvgIpc) is 3.10. The zero-order valence-electron chi connectivity index (χ0n) is 14.4. The third-order valence-corrected chi connectivity index (χ3v) is 4.59. The van der Waals surface area contributed by atoms with Crippen molar-refractivity contribution in [3.8, 4) is 0 Å². The van der Waals surface area contributed by atoms with E-state index in [-0.39, 0.29) is 42.9 Å². The second-order valence-corrected chi connectivity index (χ2v) is 6.11. The lowest BCUT2D eigenvalue weighted by atomic mass is 10.1. The number of halogens is 2. The lowest BCUT2D eigenvalue weighted by Gasteiger charge is -2.36. The maximum Gasteiger partial charge on any atom is 0.252 e. The molecule has 2 atom stereocenters. The Kier molecular flexibility index (Phi) is 8.55. The highest BCUT2D eigenvalue weighted by Gasteiger charge is 2.34. The number of nitrogens with zero attached hydrogens (tertiary/aromatic N) is 3. The summed E-state index contributed by atoms with van der Waals surface area (Å²) in [7, 11) is 0. The molecule has 0 spiro atoms. The Balaban J connectivity index is 0.00000169. The topological polar surface area (TPSA) is 115 Å². The SMILES string of the molecule is Cl.Cl.NC[C@H]1CC[C@@H](C(=O)N2CCN(c3ncccc3C(N)=O)CC2)O1. The highest BCUT2D eigenvalue weighted by atomic mass is 35.5. The highest BCUT2D eigenvalue weighted by molar-refractivity contribution is 5.97. The number of anilines is 1. The second kappa shape index (κ2) is 9.91. The molecular weight excluding hydrogens is 381 g/mol. The van der Waals surface area contributed by atoms with Gasteiger partial charge in [0.2, 0.25) is 0 Å². The number of hydrogen-bond donors (Lipinski definition) is 2. The fourth-order valence-electron chi connectivity index (χ4n) is 3.24. The van der Waals surface area contributed by atoms with Gasteiger partial charge in [-0.15, -0.1) is 24.8 Å². The molecule has 0 aliphatic carbocycles. The Morgan fingerprint density at radius 3 is 2.46 bits per heavy atom. The first-order chi connectivity index (χ1) is 11.6. The van der Waals surface area contributed by atoms with E-state index >= 15 is 0 Å². The standard InChI is InChI=1S/C16H23N5O3.2ClH/c17-10-11-3-4-13(24-11)16(23)21-8-6-20(7-9-21)15-12(14(18)22)2-1-5-19-15;;/h1-2,5,11,13H,3-4,6-10,17H2,(H2,18,22);2*1H/t11-,13+;;/m1../s1. The number of piperazine rings is 1. The number of primary amides is 1. The molecule has 26 heavy (non-hydrogen) atoms. The zero-order valence-corrected chi connectivity index (χ0v) is 16.0. The number of ether oxygens (including phenoxy) is 1. The van der Waals surface area contributed by atoms with Crippen LogP contribution in [0.4, 0.5) is 5.82 Å². The summed E-state index contributed by atoms with van der Waals surface area (Å²) in [5.41, 5.74) is 11.4. The van der Waals surface area contributed by atoms with Crippen molar-refractivity contribution in [3.63, 3.8) is 0 Å². The molecule has 0 saturated carbocycles. The van der Waals surface area contributed by atoms with Gasteiger partial charge in [0.1, 0.15) is 11.9 Å². The number of hydrogen-bond acceptors (Lipinski definition) is 6. The van der Waals surface area contributed by atoms with Crippen molar-refractivity contribution in [2.75, 3.05) is 37.6 Å². The smallest absolute Gasteiger partial charge is 0.252 e. The molecule has 0 unspecified atom stereocenters. The molecule has 2 aliphatic rings. The van der Waals surface area contributed by atoms with E-state index in [1.165, 1.54) is 0 Å². The zero-order chi connectivity index (χ0) is 17.1. The highest BCUT2D eigenvalue weighted by Crippen LogP contribution is 2.23. The van der Waals surface area contributed by atoms with Gasteiger partial charge in [-0.25, -0.2) is 4.98 Å². The van der Waals surface area contributed by atoms with Crippen LogP contribution in [0.25, 0.3) is 0 Å². The Morgan fingerprint density at radius 2 is 1.88 bits per heavy atom. The van der Waals surface area contributed by atoms with E-state index in [1.54, 1.807) is 18.3 Å². The van der Waals surface area contributed by atoms with Crippen LogP contribution < -0.4 is 16.4 Å². The van der Waals surface area contributed by atoms with Crippen molar-refractivity contribution in [2.24, 2.45) is 11.5 Å². The third kappa shape index (κ3) is 4.76. The molecule has 1 aromatic rings. The van der Waals surface area contributed by atoms with Crippen LogP contribution in [0.5, 0.6) is 0 Å². The summed E-state index contributed by atoms with van der Waals surface area (Å²) in [5, 5.41) is 0. The Bertz CT molecular complexity index is 626. The first-order valence-corrected chi connectivity index (χ1v) is 8.24. The Labute approximate surface area is 165 Å². The molecule has 2 fully saturated rings. The second-order valence-electron chi connectivity index (χ2n) is 6.11. The van der Waals surface area contributed by atoms with Crippen LogP contribution in [-0.4, -0.2) is 66.6 Å². The van der Waals surface area contributed by atoms with Crippen molar-refractivity contribution in [3.05, 3.63) is 23.9 Å². The molecule has 10 heteroatoms. The predicted octanol–water partition coefficient (Wildman–Crippen LogP) is 0.179. The molecule has 2 saturated heterocycles. The third-order valence-electron chi connectivity index (χ3n) is 4.59. The van der Waals surface area contributed by atoms with Crippen LogP contribution in [0.15, 0.2) is 18.3 Å². The molecule has 4 N–H and O–H groups in total. The Hall–Kier alpha value is -1.61. The minimum absolute atomic E-state index is 0. The predicted molar refractivity (Wildman–Crippen MR) is 103 cm³/mol. The molecule has 2 aliphatic heterocycles. The van der Waals surface area contributed by atoms with Gasteiger partial charge in [-0.2, -0.15) is 0 Å². The van der Waals surface area contributed by atoms with Gasteiger partial charge in [-0.3, -0.25) is 9.59 Å². The van der Waals surface area contributed by atoms with Gasteiger partial charge < -0.3 is 26.0 Å². The summed E-state index contributed by atoms with van der Waals surface area (Å²) in [5.74, 6) is 0.114. The molecule has 0 aromatic carbocycles. The van der Waals surface area contributed by atoms with Gasteiger partial charge in [0.25, 0.3) is 11.8 Å². The normalized spacial score (nSPS) is 22.3. The van der Waals surface area contributed by atoms with E-state index in [0.29, 0.717) is 44.1 Å². The van der Waals surface area contributed by atoms with Crippen LogP contribution in [0.1, 0.15) is 23.2 Å². The molecular formula is C16H25Cl2N5O3. The summed E-state index contributed by atoms with van der Waals surface area (Å²) in [6.07, 6.45) is 2.82. The van der Waals surface area contributed by atoms with Crippen LogP contribution in [0.2, 0.25) is 0 Å². The maximum absolute atomic E-state index is 12.5. The van der Waals surface area contributed by atoms with Gasteiger partial charge in [-0.05, 0) is 25.0 Å². The van der Waals surface area contributed by atoms with E-state index in [2.05, 4.69) is 4.98 Å². The summed E-state index contributed by atoms with van der Waals surface area (Å²) in [6.45, 7) is 2.81. The minimum Gasteiger partial charge on any atom is -0.365 e. The summed E-state index contributed by atoms with van der Waals surface area (Å²) < 4.78 is 5.68. The van der Waals surface area contributed by atoms with Crippen LogP contribution in [0, 0.1) is 0 Å². The number of aromatic nitrogens is 1. The van der Waals surface area contributed by atoms with Crippen molar-refractivity contribution in [1.29, 1.82) is 0 Å². The molecule has 3 rings (SSSR count). The minimum atomic E-state index is -0.496. The molecule has 2 amide bonds. The average molecular weight is 406 g/mol. The Morgan fingerprint density at radius 1 is 1.19 bits per heavy atom. The fourth-order valence-corrected chi connectivity index (χ4v) is 3.24. The molecule has 1 aromatic heterocycles. The van der Waals surface area contributed by atoms with Gasteiger partial charge in [0, 0.05) is 38.9 Å². The van der Waals surface area contributed by atoms with Gasteiger partial charge in [0.05, 0.1) is 11.7 Å². The van der Waals surface area contributed by atoms with Gasteiger partial charge >= 0.3 is 0 Å². The molecule has 0 bridgehead atoms. The van der Waals surface area contributed by atoms with Crippen LogP contribution in [0.3, 0.4) is 0 Å². The monoisotopic (exact) mass is 405 g/mol. The quantitative estimate of drug-likeness (QED) is 0.737. The summed E-state index contributed by atoms with van der Waals surface area (Å²) >= 11 is 0. The number of nitrogens with two attached hydrogens (primary N) is 2. The van der Waals surface area contributed by atoms with E-state index < -0.39 is 5.91 Å². The largest absolute Gasteiger partial charge is 0.365 e. The van der Waals surface area contributed by atoms with Crippen molar-refractivity contribution < 1.29 is 14.3 Å². The van der Waals surface area contributed by atoms with Crippen molar-refractivity contribution >= 4 is 42.4 Å². The van der Waals surface area contributed by atoms with E-state index in [1.807, 2.05) is 9.80 Å². The molecule has 0 radical (unpaired) electrons. The van der Waals surface area contributed by atoms with E-state index in [9.17, 15) is 9.59 Å². The van der Waals surface area contributed by atoms with Gasteiger partial charge in [0.15, 0.2) is 0 Å². The number of amides is 2. The number of rotatable bonds is 4. The molecule has 3 heterocycles. The molecule has 8 nitrogen and oxygen atoms in total. The van der Waals surface area contributed by atoms with E-state index in [4.69, 9.17) is 16.2 Å². The summed E-state index contributed by atoms with van der Waals surface area (Å²) in [4.78, 5) is 32.1. The van der Waals surface area contributed by atoms with Crippen LogP contribution >= 0.6 is 24.8 Å². The fraction of sp³-hybridized carbons (Fsp3) is 0.562. The summed E-state index contributed by atoms with van der Waals surface area (Å²) in [6, 6.07) is 3.36. The van der Waals surface area contributed by atoms with Crippen molar-refractivity contribution in [1.82, 2.24) is 9.88 Å². The first-order valence-electron chi connectivity index (χ1n) is 8.24. The number of pyridine rings is 1. The lowest BCUT2D eigenvalue weighted by molar-refractivity contribution is -0.143. The van der Waals surface area contributed by atoms with Crippen LogP contribution in [-0.2, 0) is 9.53 Å². The lowest BCUT2D eigenvalue weighted by Crippen LogP contribution is -2.52. The van der Waals surface area contributed by atoms with E-state index in [0.717, 1.165) is 12.8 Å². The maximum atomic E-state index is 12.5. The number of carbonyl (C=O) groups excluding carboxylic acids is 2. The first kappa shape index (κ1) is 22.4. The molecule has 146 valence electrons. The van der Waals surface area contributed by atoms with Crippen molar-refractivity contribution in [2.45, 2.75) is 25.0 Å². The number of carbonyl (C=O) groups is 2. The van der Waals surface area contributed by atoms with Gasteiger partial charge in [-0.1, -0.05) is 0 Å².